The third kappa shape index (κ3) is 0.886. The van der Waals surface area contributed by atoms with E-state index in [0.29, 0.717) is 0 Å². The Hall–Kier alpha value is -1.18. The van der Waals surface area contributed by atoms with Crippen molar-refractivity contribution in [2.24, 2.45) is 0 Å². The molecule has 13 heavy (non-hydrogen) atoms. The lowest BCUT2D eigenvalue weighted by Gasteiger charge is -2.08. The zero-order valence-corrected chi connectivity index (χ0v) is 7.72. The second-order valence-electron chi connectivity index (χ2n) is 3.67. The Morgan fingerprint density at radius 2 is 1.54 bits per heavy atom. The molecule has 0 amide bonds. The Labute approximate surface area is 77.5 Å². The molecule has 3 rings (SSSR count). The van der Waals surface area contributed by atoms with Gasteiger partial charge in [0, 0.05) is 18.4 Å². The summed E-state index contributed by atoms with van der Waals surface area (Å²) in [6, 6.07) is 2.25. The van der Waals surface area contributed by atoms with Gasteiger partial charge in [0.2, 0.25) is 0 Å². The van der Waals surface area contributed by atoms with Crippen molar-refractivity contribution in [3.63, 3.8) is 0 Å². The molecule has 0 saturated carbocycles. The smallest absolute Gasteiger partial charge is 0.129 e. The number of hydrogen-bond donors (Lipinski definition) is 0. The molecule has 0 bridgehead atoms. The molecule has 2 aliphatic heterocycles. The Morgan fingerprint density at radius 1 is 1.00 bits per heavy atom. The Morgan fingerprint density at radius 3 is 2.08 bits per heavy atom. The van der Waals surface area contributed by atoms with Crippen molar-refractivity contribution in [2.45, 2.75) is 19.8 Å². The summed E-state index contributed by atoms with van der Waals surface area (Å²) in [4.78, 5) is 0. The number of ether oxygens (including phenoxy) is 2. The maximum atomic E-state index is 5.57. The molecule has 1 aromatic rings. The van der Waals surface area contributed by atoms with E-state index in [-0.39, 0.29) is 0 Å². The van der Waals surface area contributed by atoms with Crippen molar-refractivity contribution in [3.05, 3.63) is 22.8 Å². The third-order valence-electron chi connectivity index (χ3n) is 2.85. The van der Waals surface area contributed by atoms with Crippen LogP contribution in [-0.4, -0.2) is 13.2 Å². The van der Waals surface area contributed by atoms with Gasteiger partial charge in [-0.05, 0) is 24.1 Å². The second kappa shape index (κ2) is 2.41. The molecular weight excluding hydrogens is 164 g/mol. The van der Waals surface area contributed by atoms with Crippen LogP contribution in [0.15, 0.2) is 6.07 Å². The largest absolute Gasteiger partial charge is 0.493 e. The lowest BCUT2D eigenvalue weighted by Crippen LogP contribution is -1.91. The molecular formula is C11H12O2. The molecule has 0 saturated heterocycles. The molecule has 0 aromatic heterocycles. The Kier molecular flexibility index (Phi) is 1.34. The van der Waals surface area contributed by atoms with Crippen LogP contribution in [0.3, 0.4) is 0 Å². The fraction of sp³-hybridized carbons (Fsp3) is 0.455. The van der Waals surface area contributed by atoms with Gasteiger partial charge in [0.15, 0.2) is 0 Å². The highest BCUT2D eigenvalue weighted by Crippen LogP contribution is 2.40. The summed E-state index contributed by atoms with van der Waals surface area (Å²) in [5, 5.41) is 0. The number of hydrogen-bond acceptors (Lipinski definition) is 2. The van der Waals surface area contributed by atoms with Crippen LogP contribution in [0.2, 0.25) is 0 Å². The van der Waals surface area contributed by atoms with E-state index in [4.69, 9.17) is 9.47 Å². The van der Waals surface area contributed by atoms with Gasteiger partial charge >= 0.3 is 0 Å². The van der Waals surface area contributed by atoms with E-state index in [0.717, 1.165) is 37.6 Å². The first-order valence-electron chi connectivity index (χ1n) is 4.77. The molecule has 2 heteroatoms. The molecule has 1 aromatic carbocycles. The van der Waals surface area contributed by atoms with Gasteiger partial charge in [-0.1, -0.05) is 0 Å². The number of benzene rings is 1. The summed E-state index contributed by atoms with van der Waals surface area (Å²) >= 11 is 0. The third-order valence-corrected chi connectivity index (χ3v) is 2.85. The maximum absolute atomic E-state index is 5.57. The second-order valence-corrected chi connectivity index (χ2v) is 3.67. The van der Waals surface area contributed by atoms with Gasteiger partial charge in [0.25, 0.3) is 0 Å². The fourth-order valence-corrected chi connectivity index (χ4v) is 2.23. The summed E-state index contributed by atoms with van der Waals surface area (Å²) in [7, 11) is 0. The quantitative estimate of drug-likeness (QED) is 0.600. The topological polar surface area (TPSA) is 18.5 Å². The van der Waals surface area contributed by atoms with E-state index >= 15 is 0 Å². The number of rotatable bonds is 0. The predicted molar refractivity (Wildman–Crippen MR) is 49.6 cm³/mol. The summed E-state index contributed by atoms with van der Waals surface area (Å²) in [6.07, 6.45) is 2.12. The minimum Gasteiger partial charge on any atom is -0.493 e. The van der Waals surface area contributed by atoms with Gasteiger partial charge in [-0.2, -0.15) is 0 Å². The SMILES string of the molecule is Cc1c2c(cc3c1OCC3)CCO2. The summed E-state index contributed by atoms with van der Waals surface area (Å²) in [5.74, 6) is 2.14. The van der Waals surface area contributed by atoms with E-state index in [2.05, 4.69) is 13.0 Å². The van der Waals surface area contributed by atoms with Crippen LogP contribution in [0, 0.1) is 6.92 Å². The fourth-order valence-electron chi connectivity index (χ4n) is 2.23. The van der Waals surface area contributed by atoms with Crippen molar-refractivity contribution in [2.75, 3.05) is 13.2 Å². The van der Waals surface area contributed by atoms with E-state index in [1.807, 2.05) is 0 Å². The van der Waals surface area contributed by atoms with Crippen molar-refractivity contribution in [1.29, 1.82) is 0 Å². The molecule has 0 N–H and O–H groups in total. The summed E-state index contributed by atoms with van der Waals surface area (Å²) < 4.78 is 11.1. The molecule has 0 aliphatic carbocycles. The highest BCUT2D eigenvalue weighted by molar-refractivity contribution is 5.56. The van der Waals surface area contributed by atoms with E-state index in [1.165, 1.54) is 16.7 Å². The van der Waals surface area contributed by atoms with Crippen LogP contribution in [0.5, 0.6) is 11.5 Å². The average molecular weight is 176 g/mol. The first-order chi connectivity index (χ1) is 6.36. The first kappa shape index (κ1) is 7.25. The van der Waals surface area contributed by atoms with E-state index in [1.54, 1.807) is 0 Å². The molecule has 0 spiro atoms. The van der Waals surface area contributed by atoms with Crippen molar-refractivity contribution in [3.8, 4) is 11.5 Å². The van der Waals surface area contributed by atoms with Crippen LogP contribution >= 0.6 is 0 Å². The number of fused-ring (bicyclic) bond motifs is 2. The summed E-state index contributed by atoms with van der Waals surface area (Å²) in [6.45, 7) is 3.76. The normalized spacial score (nSPS) is 17.6. The van der Waals surface area contributed by atoms with Gasteiger partial charge in [0.05, 0.1) is 13.2 Å². The standard InChI is InChI=1S/C11H12O2/c1-7-10-8(2-4-12-10)6-9-3-5-13-11(7)9/h6H,2-5H2,1H3. The molecule has 0 atom stereocenters. The molecule has 0 unspecified atom stereocenters. The zero-order chi connectivity index (χ0) is 8.84. The minimum atomic E-state index is 0.832. The molecule has 0 fully saturated rings. The van der Waals surface area contributed by atoms with Gasteiger partial charge in [-0.25, -0.2) is 0 Å². The lowest BCUT2D eigenvalue weighted by atomic mass is 10.0. The van der Waals surface area contributed by atoms with Crippen LogP contribution in [0.1, 0.15) is 16.7 Å². The molecule has 68 valence electrons. The lowest BCUT2D eigenvalue weighted by molar-refractivity contribution is 0.338. The van der Waals surface area contributed by atoms with Crippen LogP contribution < -0.4 is 9.47 Å². The van der Waals surface area contributed by atoms with E-state index in [9.17, 15) is 0 Å². The highest BCUT2D eigenvalue weighted by Gasteiger charge is 2.23. The average Bonchev–Trinajstić information content (AvgIpc) is 2.71. The zero-order valence-electron chi connectivity index (χ0n) is 7.72. The van der Waals surface area contributed by atoms with Gasteiger partial charge in [-0.15, -0.1) is 0 Å². The molecule has 0 radical (unpaired) electrons. The monoisotopic (exact) mass is 176 g/mol. The highest BCUT2D eigenvalue weighted by atomic mass is 16.5. The first-order valence-corrected chi connectivity index (χ1v) is 4.77. The van der Waals surface area contributed by atoms with Crippen molar-refractivity contribution >= 4 is 0 Å². The van der Waals surface area contributed by atoms with Gasteiger partial charge < -0.3 is 9.47 Å². The molecule has 2 aliphatic rings. The Balaban J connectivity index is 2.26. The Bertz CT molecular complexity index is 337. The predicted octanol–water partition coefficient (Wildman–Crippen LogP) is 1.86. The van der Waals surface area contributed by atoms with E-state index < -0.39 is 0 Å². The van der Waals surface area contributed by atoms with Crippen molar-refractivity contribution in [1.82, 2.24) is 0 Å². The van der Waals surface area contributed by atoms with Gasteiger partial charge in [-0.3, -0.25) is 0 Å². The maximum Gasteiger partial charge on any atom is 0.129 e. The minimum absolute atomic E-state index is 0.832. The molecule has 2 heterocycles. The molecule has 2 nitrogen and oxygen atoms in total. The van der Waals surface area contributed by atoms with Crippen molar-refractivity contribution < 1.29 is 9.47 Å². The van der Waals surface area contributed by atoms with Crippen LogP contribution in [0.25, 0.3) is 0 Å². The summed E-state index contributed by atoms with van der Waals surface area (Å²) in [5.41, 5.74) is 3.92. The van der Waals surface area contributed by atoms with Gasteiger partial charge in [0.1, 0.15) is 11.5 Å². The van der Waals surface area contributed by atoms with Crippen LogP contribution in [-0.2, 0) is 12.8 Å². The van der Waals surface area contributed by atoms with Crippen LogP contribution in [0.4, 0.5) is 0 Å².